The van der Waals surface area contributed by atoms with E-state index in [0.717, 1.165) is 11.3 Å². The third kappa shape index (κ3) is 5.12. The number of rotatable bonds is 6. The van der Waals surface area contributed by atoms with Gasteiger partial charge < -0.3 is 9.47 Å². The summed E-state index contributed by atoms with van der Waals surface area (Å²) in [5.74, 6) is -0.962. The molecule has 0 saturated carbocycles. The van der Waals surface area contributed by atoms with E-state index in [1.807, 2.05) is 19.1 Å². The van der Waals surface area contributed by atoms with Crippen LogP contribution in [0.4, 0.5) is 10.1 Å². The maximum Gasteiger partial charge on any atom is 0.346 e. The molecule has 3 aromatic rings. The minimum atomic E-state index is -0.805. The first kappa shape index (κ1) is 20.4. The van der Waals surface area contributed by atoms with E-state index in [0.29, 0.717) is 16.3 Å². The van der Waals surface area contributed by atoms with Gasteiger partial charge in [0.05, 0.1) is 24.6 Å². The highest BCUT2D eigenvalue weighted by Crippen LogP contribution is 2.28. The largest absolute Gasteiger partial charge is 0.493 e. The van der Waals surface area contributed by atoms with Gasteiger partial charge in [0.1, 0.15) is 5.82 Å². The second kappa shape index (κ2) is 9.21. The zero-order chi connectivity index (χ0) is 20.8. The Morgan fingerprint density at radius 3 is 2.62 bits per heavy atom. The number of hydrogen-bond donors (Lipinski definition) is 1. The molecule has 0 saturated heterocycles. The summed E-state index contributed by atoms with van der Waals surface area (Å²) in [4.78, 5) is 12.2. The molecule has 0 bridgehead atoms. The Bertz CT molecular complexity index is 1070. The van der Waals surface area contributed by atoms with Crippen molar-refractivity contribution in [2.45, 2.75) is 6.92 Å². The lowest BCUT2D eigenvalue weighted by Crippen LogP contribution is -2.11. The van der Waals surface area contributed by atoms with Gasteiger partial charge in [-0.1, -0.05) is 29.8 Å². The first-order chi connectivity index (χ1) is 14.0. The van der Waals surface area contributed by atoms with Gasteiger partial charge in [0.2, 0.25) is 0 Å². The van der Waals surface area contributed by atoms with E-state index in [-0.39, 0.29) is 11.3 Å². The van der Waals surface area contributed by atoms with Crippen LogP contribution in [0.25, 0.3) is 0 Å². The number of halogens is 2. The van der Waals surface area contributed by atoms with E-state index in [4.69, 9.17) is 21.1 Å². The van der Waals surface area contributed by atoms with Crippen LogP contribution in [0, 0.1) is 12.7 Å². The van der Waals surface area contributed by atoms with Gasteiger partial charge in [-0.25, -0.2) is 9.18 Å². The maximum atomic E-state index is 13.8. The first-order valence-corrected chi connectivity index (χ1v) is 9.05. The molecule has 0 aromatic heterocycles. The van der Waals surface area contributed by atoms with Gasteiger partial charge in [-0.05, 0) is 60.5 Å². The third-order valence-electron chi connectivity index (χ3n) is 4.06. The predicted molar refractivity (Wildman–Crippen MR) is 112 cm³/mol. The van der Waals surface area contributed by atoms with Crippen molar-refractivity contribution in [3.63, 3.8) is 0 Å². The molecule has 0 spiro atoms. The van der Waals surface area contributed by atoms with Crippen molar-refractivity contribution < 1.29 is 18.7 Å². The highest BCUT2D eigenvalue weighted by atomic mass is 35.5. The number of ether oxygens (including phenoxy) is 2. The molecule has 148 valence electrons. The smallest absolute Gasteiger partial charge is 0.346 e. The van der Waals surface area contributed by atoms with Crippen LogP contribution in [-0.4, -0.2) is 19.3 Å². The number of nitrogens with one attached hydrogen (secondary N) is 1. The van der Waals surface area contributed by atoms with Crippen molar-refractivity contribution in [2.75, 3.05) is 12.5 Å². The van der Waals surface area contributed by atoms with E-state index >= 15 is 0 Å². The number of methoxy groups -OCH3 is 1. The SMILES string of the molecule is COc1cc(/C=N\Nc2ccc(C)c(Cl)c2)ccc1OC(=O)c1ccccc1F. The van der Waals surface area contributed by atoms with E-state index < -0.39 is 11.8 Å². The molecular formula is C22H18ClFN2O3. The fraction of sp³-hybridized carbons (Fsp3) is 0.0909. The predicted octanol–water partition coefficient (Wildman–Crippen LogP) is 5.46. The van der Waals surface area contributed by atoms with Crippen molar-refractivity contribution in [3.8, 4) is 11.5 Å². The lowest BCUT2D eigenvalue weighted by molar-refractivity contribution is 0.0725. The van der Waals surface area contributed by atoms with E-state index in [2.05, 4.69) is 10.5 Å². The van der Waals surface area contributed by atoms with Crippen LogP contribution in [0.2, 0.25) is 5.02 Å². The summed E-state index contributed by atoms with van der Waals surface area (Å²) < 4.78 is 24.3. The number of carbonyl (C=O) groups is 1. The van der Waals surface area contributed by atoms with E-state index in [1.54, 1.807) is 36.5 Å². The van der Waals surface area contributed by atoms with Gasteiger partial charge >= 0.3 is 5.97 Å². The molecule has 0 atom stereocenters. The van der Waals surface area contributed by atoms with Crippen LogP contribution in [0.3, 0.4) is 0 Å². The fourth-order valence-corrected chi connectivity index (χ4v) is 2.65. The molecule has 1 N–H and O–H groups in total. The summed E-state index contributed by atoms with van der Waals surface area (Å²) in [6.45, 7) is 1.92. The van der Waals surface area contributed by atoms with E-state index in [9.17, 15) is 9.18 Å². The molecule has 0 aliphatic rings. The van der Waals surface area contributed by atoms with Crippen molar-refractivity contribution in [2.24, 2.45) is 5.10 Å². The minimum Gasteiger partial charge on any atom is -0.493 e. The zero-order valence-electron chi connectivity index (χ0n) is 15.8. The molecule has 0 unspecified atom stereocenters. The maximum absolute atomic E-state index is 13.8. The number of hydrogen-bond acceptors (Lipinski definition) is 5. The molecule has 29 heavy (non-hydrogen) atoms. The molecule has 0 aliphatic heterocycles. The Kier molecular flexibility index (Phi) is 6.46. The van der Waals surface area contributed by atoms with Gasteiger partial charge in [-0.3, -0.25) is 5.43 Å². The lowest BCUT2D eigenvalue weighted by atomic mass is 10.2. The molecule has 5 nitrogen and oxygen atoms in total. The molecule has 3 rings (SSSR count). The van der Waals surface area contributed by atoms with Crippen LogP contribution >= 0.6 is 11.6 Å². The average Bonchev–Trinajstić information content (AvgIpc) is 2.72. The summed E-state index contributed by atoms with van der Waals surface area (Å²) in [7, 11) is 1.45. The standard InChI is InChI=1S/C22H18ClFN2O3/c1-14-7-9-16(12-18(14)23)26-25-13-15-8-10-20(21(11-15)28-2)29-22(27)17-5-3-4-6-19(17)24/h3-13,26H,1-2H3/b25-13-. The number of anilines is 1. The van der Waals surface area contributed by atoms with Crippen LogP contribution in [0.5, 0.6) is 11.5 Å². The van der Waals surface area contributed by atoms with Crippen LogP contribution in [0.1, 0.15) is 21.5 Å². The fourth-order valence-electron chi connectivity index (χ4n) is 2.47. The normalized spacial score (nSPS) is 10.8. The van der Waals surface area contributed by atoms with Crippen molar-refractivity contribution in [1.29, 1.82) is 0 Å². The number of benzene rings is 3. The van der Waals surface area contributed by atoms with E-state index in [1.165, 1.54) is 25.3 Å². The van der Waals surface area contributed by atoms with Gasteiger partial charge in [-0.15, -0.1) is 0 Å². The van der Waals surface area contributed by atoms with Crippen molar-refractivity contribution >= 4 is 29.5 Å². The van der Waals surface area contributed by atoms with Crippen molar-refractivity contribution in [3.05, 3.63) is 88.2 Å². The minimum absolute atomic E-state index is 0.152. The van der Waals surface area contributed by atoms with Gasteiger partial charge in [0.25, 0.3) is 0 Å². The first-order valence-electron chi connectivity index (χ1n) is 8.68. The highest BCUT2D eigenvalue weighted by Gasteiger charge is 2.16. The van der Waals surface area contributed by atoms with Crippen LogP contribution < -0.4 is 14.9 Å². The average molecular weight is 413 g/mol. The van der Waals surface area contributed by atoms with Crippen LogP contribution in [-0.2, 0) is 0 Å². The molecule has 0 aliphatic carbocycles. The monoisotopic (exact) mass is 412 g/mol. The number of esters is 1. The Morgan fingerprint density at radius 2 is 1.90 bits per heavy atom. The quantitative estimate of drug-likeness (QED) is 0.253. The number of nitrogens with zero attached hydrogens (tertiary/aromatic N) is 1. The zero-order valence-corrected chi connectivity index (χ0v) is 16.5. The van der Waals surface area contributed by atoms with Gasteiger partial charge in [-0.2, -0.15) is 5.10 Å². The summed E-state index contributed by atoms with van der Waals surface area (Å²) in [6, 6.07) is 16.0. The Hall–Kier alpha value is -3.38. The number of carbonyl (C=O) groups excluding carboxylic acids is 1. The Balaban J connectivity index is 1.72. The molecule has 0 fully saturated rings. The summed E-state index contributed by atoms with van der Waals surface area (Å²) in [5, 5.41) is 4.81. The van der Waals surface area contributed by atoms with Crippen molar-refractivity contribution in [1.82, 2.24) is 0 Å². The van der Waals surface area contributed by atoms with Gasteiger partial charge in [0, 0.05) is 5.02 Å². The topological polar surface area (TPSA) is 59.9 Å². The summed E-state index contributed by atoms with van der Waals surface area (Å²) >= 11 is 6.09. The second-order valence-electron chi connectivity index (χ2n) is 6.11. The lowest BCUT2D eigenvalue weighted by Gasteiger charge is -2.10. The molecule has 7 heteroatoms. The van der Waals surface area contributed by atoms with Crippen LogP contribution in [0.15, 0.2) is 65.8 Å². The number of hydrazone groups is 1. The van der Waals surface area contributed by atoms with Gasteiger partial charge in [0.15, 0.2) is 11.5 Å². The number of aryl methyl sites for hydroxylation is 1. The second-order valence-corrected chi connectivity index (χ2v) is 6.52. The molecule has 0 amide bonds. The summed E-state index contributed by atoms with van der Waals surface area (Å²) in [5.41, 5.74) is 5.17. The molecule has 0 heterocycles. The Labute approximate surface area is 172 Å². The Morgan fingerprint density at radius 1 is 1.10 bits per heavy atom. The molecule has 3 aromatic carbocycles. The highest BCUT2D eigenvalue weighted by molar-refractivity contribution is 6.31. The molecule has 0 radical (unpaired) electrons. The third-order valence-corrected chi connectivity index (χ3v) is 4.47. The molecular weight excluding hydrogens is 395 g/mol. The summed E-state index contributed by atoms with van der Waals surface area (Å²) in [6.07, 6.45) is 1.58.